The first-order valence-electron chi connectivity index (χ1n) is 8.44. The van der Waals surface area contributed by atoms with Gasteiger partial charge < -0.3 is 0 Å². The topological polar surface area (TPSA) is 40.6 Å². The summed E-state index contributed by atoms with van der Waals surface area (Å²) in [6.07, 6.45) is 0. The molecule has 0 bridgehead atoms. The zero-order chi connectivity index (χ0) is 17.9. The number of piperazine rings is 1. The van der Waals surface area contributed by atoms with Crippen LogP contribution in [0.1, 0.15) is 18.1 Å². The van der Waals surface area contributed by atoms with E-state index in [0.29, 0.717) is 18.1 Å². The van der Waals surface area contributed by atoms with Gasteiger partial charge in [0.05, 0.1) is 5.75 Å². The molecule has 1 heterocycles. The van der Waals surface area contributed by atoms with Crippen LogP contribution in [0.15, 0.2) is 54.6 Å². The second-order valence-electron chi connectivity index (χ2n) is 6.55. The van der Waals surface area contributed by atoms with Gasteiger partial charge in [0.15, 0.2) is 0 Å². The lowest BCUT2D eigenvalue weighted by Crippen LogP contribution is -2.53. The summed E-state index contributed by atoms with van der Waals surface area (Å²) < 4.78 is 27.1. The number of hydrogen-bond donors (Lipinski definition) is 0. The fourth-order valence-electron chi connectivity index (χ4n) is 3.15. The molecule has 0 radical (unpaired) electrons. The molecule has 25 heavy (non-hydrogen) atoms. The van der Waals surface area contributed by atoms with Crippen molar-refractivity contribution in [3.05, 3.63) is 70.7 Å². The summed E-state index contributed by atoms with van der Waals surface area (Å²) in [6.45, 7) is 4.76. The SMILES string of the molecule is CC1CN(S(=O)(=O)Cc2ccc(Cl)cc2)CCN1Cc1ccccc1. The molecule has 0 N–H and O–H groups in total. The third-order valence-corrected chi connectivity index (χ3v) is 6.68. The summed E-state index contributed by atoms with van der Waals surface area (Å²) in [5.74, 6) is 0.0234. The van der Waals surface area contributed by atoms with Crippen molar-refractivity contribution in [3.63, 3.8) is 0 Å². The molecule has 0 aromatic heterocycles. The summed E-state index contributed by atoms with van der Waals surface area (Å²) in [5.41, 5.74) is 2.02. The Bertz CT molecular complexity index is 794. The molecule has 4 nitrogen and oxygen atoms in total. The maximum Gasteiger partial charge on any atom is 0.218 e. The van der Waals surface area contributed by atoms with Gasteiger partial charge >= 0.3 is 0 Å². The molecule has 1 aliphatic heterocycles. The molecule has 1 saturated heterocycles. The van der Waals surface area contributed by atoms with Crippen molar-refractivity contribution in [2.45, 2.75) is 25.3 Å². The molecule has 1 aliphatic rings. The Labute approximate surface area is 155 Å². The number of halogens is 1. The number of sulfonamides is 1. The largest absolute Gasteiger partial charge is 0.294 e. The van der Waals surface area contributed by atoms with Gasteiger partial charge in [-0.25, -0.2) is 8.42 Å². The van der Waals surface area contributed by atoms with Crippen LogP contribution in [-0.2, 0) is 22.3 Å². The second-order valence-corrected chi connectivity index (χ2v) is 8.95. The van der Waals surface area contributed by atoms with Gasteiger partial charge in [-0.3, -0.25) is 4.90 Å². The molecule has 0 saturated carbocycles. The van der Waals surface area contributed by atoms with Gasteiger partial charge in [0.1, 0.15) is 0 Å². The fourth-order valence-corrected chi connectivity index (χ4v) is 4.87. The van der Waals surface area contributed by atoms with Crippen molar-refractivity contribution in [3.8, 4) is 0 Å². The fraction of sp³-hybridized carbons (Fsp3) is 0.368. The predicted molar refractivity (Wildman–Crippen MR) is 102 cm³/mol. The Morgan fingerprint density at radius 1 is 1.00 bits per heavy atom. The van der Waals surface area contributed by atoms with Gasteiger partial charge in [-0.1, -0.05) is 54.1 Å². The van der Waals surface area contributed by atoms with Crippen LogP contribution in [-0.4, -0.2) is 43.3 Å². The quantitative estimate of drug-likeness (QED) is 0.800. The smallest absolute Gasteiger partial charge is 0.218 e. The van der Waals surface area contributed by atoms with Gasteiger partial charge in [0.25, 0.3) is 0 Å². The highest BCUT2D eigenvalue weighted by atomic mass is 35.5. The van der Waals surface area contributed by atoms with Crippen LogP contribution in [0.3, 0.4) is 0 Å². The molecular weight excluding hydrogens is 356 g/mol. The van der Waals surface area contributed by atoms with Crippen LogP contribution in [0.5, 0.6) is 0 Å². The van der Waals surface area contributed by atoms with E-state index in [1.807, 2.05) is 18.2 Å². The molecule has 2 aromatic rings. The maximum atomic E-state index is 12.7. The van der Waals surface area contributed by atoms with E-state index in [0.717, 1.165) is 18.7 Å². The number of nitrogens with zero attached hydrogens (tertiary/aromatic N) is 2. The summed E-state index contributed by atoms with van der Waals surface area (Å²) in [4.78, 5) is 2.34. The molecule has 0 aliphatic carbocycles. The first-order chi connectivity index (χ1) is 11.9. The molecule has 1 fully saturated rings. The molecule has 1 atom stereocenters. The number of hydrogen-bond acceptors (Lipinski definition) is 3. The van der Waals surface area contributed by atoms with E-state index in [1.165, 1.54) is 5.56 Å². The molecule has 3 rings (SSSR count). The highest BCUT2D eigenvalue weighted by Gasteiger charge is 2.31. The average Bonchev–Trinajstić information content (AvgIpc) is 2.59. The lowest BCUT2D eigenvalue weighted by Gasteiger charge is -2.39. The normalized spacial score (nSPS) is 19.8. The van der Waals surface area contributed by atoms with Crippen LogP contribution >= 0.6 is 11.6 Å². The van der Waals surface area contributed by atoms with E-state index < -0.39 is 10.0 Å². The number of rotatable bonds is 5. The van der Waals surface area contributed by atoms with Gasteiger partial charge in [-0.2, -0.15) is 4.31 Å². The molecule has 1 unspecified atom stereocenters. The maximum absolute atomic E-state index is 12.7. The Balaban J connectivity index is 1.62. The zero-order valence-electron chi connectivity index (χ0n) is 14.3. The van der Waals surface area contributed by atoms with Gasteiger partial charge in [0.2, 0.25) is 10.0 Å². The molecule has 0 amide bonds. The van der Waals surface area contributed by atoms with E-state index >= 15 is 0 Å². The summed E-state index contributed by atoms with van der Waals surface area (Å²) in [6, 6.07) is 17.5. The third-order valence-electron chi connectivity index (χ3n) is 4.61. The van der Waals surface area contributed by atoms with Crippen LogP contribution in [0, 0.1) is 0 Å². The molecule has 134 valence electrons. The Hall–Kier alpha value is -1.40. The van der Waals surface area contributed by atoms with Gasteiger partial charge in [-0.15, -0.1) is 0 Å². The molecular formula is C19H23ClN2O2S. The number of benzene rings is 2. The van der Waals surface area contributed by atoms with Crippen molar-refractivity contribution in [1.82, 2.24) is 9.21 Å². The minimum atomic E-state index is -3.31. The standard InChI is InChI=1S/C19H23ClN2O2S/c1-16-13-22(12-11-21(16)14-17-5-3-2-4-6-17)25(23,24)15-18-7-9-19(20)10-8-18/h2-10,16H,11-15H2,1H3. The van der Waals surface area contributed by atoms with Crippen molar-refractivity contribution in [2.75, 3.05) is 19.6 Å². The minimum Gasteiger partial charge on any atom is -0.294 e. The van der Waals surface area contributed by atoms with Crippen molar-refractivity contribution in [2.24, 2.45) is 0 Å². The van der Waals surface area contributed by atoms with Crippen LogP contribution in [0.25, 0.3) is 0 Å². The first-order valence-corrected chi connectivity index (χ1v) is 10.4. The van der Waals surface area contributed by atoms with Crippen LogP contribution in [0.4, 0.5) is 0 Å². The van der Waals surface area contributed by atoms with E-state index in [-0.39, 0.29) is 11.8 Å². The molecule has 0 spiro atoms. The highest BCUT2D eigenvalue weighted by Crippen LogP contribution is 2.19. The van der Waals surface area contributed by atoms with E-state index in [2.05, 4.69) is 24.0 Å². The Morgan fingerprint density at radius 3 is 2.32 bits per heavy atom. The van der Waals surface area contributed by atoms with Crippen LogP contribution < -0.4 is 0 Å². The molecule has 2 aromatic carbocycles. The first kappa shape index (κ1) is 18.4. The monoisotopic (exact) mass is 378 g/mol. The van der Waals surface area contributed by atoms with E-state index in [4.69, 9.17) is 11.6 Å². The predicted octanol–water partition coefficient (Wildman–Crippen LogP) is 3.38. The summed E-state index contributed by atoms with van der Waals surface area (Å²) >= 11 is 5.87. The van der Waals surface area contributed by atoms with Crippen LogP contribution in [0.2, 0.25) is 5.02 Å². The second kappa shape index (κ2) is 7.87. The zero-order valence-corrected chi connectivity index (χ0v) is 15.9. The van der Waals surface area contributed by atoms with E-state index in [1.54, 1.807) is 28.6 Å². The average molecular weight is 379 g/mol. The third kappa shape index (κ3) is 4.82. The van der Waals surface area contributed by atoms with Gasteiger partial charge in [-0.05, 0) is 30.2 Å². The van der Waals surface area contributed by atoms with Gasteiger partial charge in [0, 0.05) is 37.2 Å². The Morgan fingerprint density at radius 2 is 1.68 bits per heavy atom. The highest BCUT2D eigenvalue weighted by molar-refractivity contribution is 7.88. The Kier molecular flexibility index (Phi) is 5.79. The van der Waals surface area contributed by atoms with Crippen molar-refractivity contribution < 1.29 is 8.42 Å². The lowest BCUT2D eigenvalue weighted by atomic mass is 10.1. The van der Waals surface area contributed by atoms with Crippen molar-refractivity contribution >= 4 is 21.6 Å². The summed E-state index contributed by atoms with van der Waals surface area (Å²) in [7, 11) is -3.31. The minimum absolute atomic E-state index is 0.0234. The van der Waals surface area contributed by atoms with Crippen molar-refractivity contribution in [1.29, 1.82) is 0 Å². The van der Waals surface area contributed by atoms with E-state index in [9.17, 15) is 8.42 Å². The molecule has 6 heteroatoms. The summed E-state index contributed by atoms with van der Waals surface area (Å²) in [5, 5.41) is 0.615. The lowest BCUT2D eigenvalue weighted by molar-refractivity contribution is 0.122.